The second-order valence-corrected chi connectivity index (χ2v) is 5.72. The highest BCUT2D eigenvalue weighted by atomic mass is 16.5. The van der Waals surface area contributed by atoms with Crippen LogP contribution in [0.25, 0.3) is 0 Å². The zero-order valence-corrected chi connectivity index (χ0v) is 12.8. The number of hydrogen-bond acceptors (Lipinski definition) is 4. The van der Waals surface area contributed by atoms with Crippen molar-refractivity contribution < 1.29 is 14.6 Å². The van der Waals surface area contributed by atoms with Gasteiger partial charge in [0.1, 0.15) is 12.4 Å². The van der Waals surface area contributed by atoms with Crippen molar-refractivity contribution in [3.05, 3.63) is 29.8 Å². The van der Waals surface area contributed by atoms with Crippen LogP contribution in [0, 0.1) is 0 Å². The van der Waals surface area contributed by atoms with Crippen LogP contribution in [0.1, 0.15) is 23.2 Å². The molecule has 1 unspecified atom stereocenters. The van der Waals surface area contributed by atoms with Crippen LogP contribution in [-0.2, 0) is 0 Å². The summed E-state index contributed by atoms with van der Waals surface area (Å²) >= 11 is 0. The zero-order valence-electron chi connectivity index (χ0n) is 12.8. The molecule has 0 amide bonds. The van der Waals surface area contributed by atoms with E-state index in [0.29, 0.717) is 18.4 Å². The molecule has 1 aromatic carbocycles. The monoisotopic (exact) mass is 292 g/mol. The van der Waals surface area contributed by atoms with Crippen LogP contribution < -0.4 is 4.74 Å². The number of benzene rings is 1. The maximum Gasteiger partial charge on any atom is 0.335 e. The third-order valence-electron chi connectivity index (χ3n) is 4.04. The Bertz CT molecular complexity index is 461. The molecule has 2 rings (SSSR count). The molecule has 1 aliphatic rings. The minimum absolute atomic E-state index is 0.282. The fraction of sp³-hybridized carbons (Fsp3) is 0.562. The summed E-state index contributed by atoms with van der Waals surface area (Å²) in [5.74, 6) is -0.197. The summed E-state index contributed by atoms with van der Waals surface area (Å²) in [7, 11) is 4.31. The number of aromatic carboxylic acids is 1. The van der Waals surface area contributed by atoms with E-state index in [4.69, 9.17) is 9.84 Å². The Morgan fingerprint density at radius 3 is 2.76 bits per heavy atom. The molecule has 0 aliphatic carbocycles. The van der Waals surface area contributed by atoms with Crippen molar-refractivity contribution >= 4 is 5.97 Å². The third kappa shape index (κ3) is 4.72. The van der Waals surface area contributed by atoms with E-state index in [1.807, 2.05) is 0 Å². The van der Waals surface area contributed by atoms with Gasteiger partial charge in [-0.05, 0) is 57.7 Å². The number of ether oxygens (including phenoxy) is 1. The van der Waals surface area contributed by atoms with Crippen LogP contribution in [0.4, 0.5) is 0 Å². The van der Waals surface area contributed by atoms with Gasteiger partial charge in [-0.25, -0.2) is 4.79 Å². The van der Waals surface area contributed by atoms with Crippen LogP contribution >= 0.6 is 0 Å². The van der Waals surface area contributed by atoms with Crippen LogP contribution in [0.15, 0.2) is 24.3 Å². The summed E-state index contributed by atoms with van der Waals surface area (Å²) in [5, 5.41) is 8.84. The first kappa shape index (κ1) is 15.8. The third-order valence-corrected chi connectivity index (χ3v) is 4.04. The molecule has 1 N–H and O–H groups in total. The zero-order chi connectivity index (χ0) is 15.2. The number of likely N-dealkylation sites (N-methyl/N-ethyl adjacent to an activating group) is 2. The van der Waals surface area contributed by atoms with Gasteiger partial charge in [0.15, 0.2) is 0 Å². The molecule has 1 fully saturated rings. The van der Waals surface area contributed by atoms with E-state index in [-0.39, 0.29) is 5.56 Å². The largest absolute Gasteiger partial charge is 0.492 e. The molecular weight excluding hydrogens is 268 g/mol. The van der Waals surface area contributed by atoms with Crippen molar-refractivity contribution in [2.24, 2.45) is 0 Å². The summed E-state index contributed by atoms with van der Waals surface area (Å²) in [5.41, 5.74) is 0.282. The molecule has 21 heavy (non-hydrogen) atoms. The topological polar surface area (TPSA) is 53.0 Å². The van der Waals surface area contributed by atoms with Gasteiger partial charge in [0.2, 0.25) is 0 Å². The normalized spacial score (nSPS) is 19.7. The first-order valence-corrected chi connectivity index (χ1v) is 7.41. The minimum atomic E-state index is -0.914. The average Bonchev–Trinajstić information content (AvgIpc) is 2.47. The van der Waals surface area contributed by atoms with Crippen LogP contribution in [-0.4, -0.2) is 67.3 Å². The molecule has 1 heterocycles. The van der Waals surface area contributed by atoms with Crippen molar-refractivity contribution in [1.29, 1.82) is 0 Å². The number of rotatable bonds is 6. The summed E-state index contributed by atoms with van der Waals surface area (Å²) in [4.78, 5) is 15.5. The van der Waals surface area contributed by atoms with Crippen LogP contribution in [0.3, 0.4) is 0 Å². The van der Waals surface area contributed by atoms with Gasteiger partial charge >= 0.3 is 5.97 Å². The quantitative estimate of drug-likeness (QED) is 0.866. The smallest absolute Gasteiger partial charge is 0.335 e. The van der Waals surface area contributed by atoms with Gasteiger partial charge in [0, 0.05) is 19.1 Å². The maximum absolute atomic E-state index is 10.8. The number of carbonyl (C=O) groups is 1. The molecule has 0 aromatic heterocycles. The molecule has 0 bridgehead atoms. The second-order valence-electron chi connectivity index (χ2n) is 5.72. The second kappa shape index (κ2) is 7.43. The molecule has 1 aromatic rings. The van der Waals surface area contributed by atoms with Gasteiger partial charge in [-0.3, -0.25) is 4.90 Å². The Kier molecular flexibility index (Phi) is 5.59. The minimum Gasteiger partial charge on any atom is -0.492 e. The van der Waals surface area contributed by atoms with Crippen LogP contribution in [0.5, 0.6) is 5.75 Å². The highest BCUT2D eigenvalue weighted by Crippen LogP contribution is 2.14. The summed E-state index contributed by atoms with van der Waals surface area (Å²) < 4.78 is 5.68. The number of hydrogen-bond donors (Lipinski definition) is 1. The van der Waals surface area contributed by atoms with Gasteiger partial charge < -0.3 is 14.7 Å². The van der Waals surface area contributed by atoms with E-state index in [9.17, 15) is 4.79 Å². The lowest BCUT2D eigenvalue weighted by atomic mass is 10.1. The number of carboxylic acid groups (broad SMARTS) is 1. The molecule has 0 spiro atoms. The Hall–Kier alpha value is -1.59. The van der Waals surface area contributed by atoms with Gasteiger partial charge in [-0.1, -0.05) is 0 Å². The molecule has 1 saturated heterocycles. The number of nitrogens with zero attached hydrogens (tertiary/aromatic N) is 2. The maximum atomic E-state index is 10.8. The summed E-state index contributed by atoms with van der Waals surface area (Å²) in [6.45, 7) is 3.79. The van der Waals surface area contributed by atoms with E-state index in [0.717, 1.165) is 13.1 Å². The van der Waals surface area contributed by atoms with Crippen molar-refractivity contribution in [3.63, 3.8) is 0 Å². The van der Waals surface area contributed by atoms with E-state index >= 15 is 0 Å². The van der Waals surface area contributed by atoms with Crippen LogP contribution in [0.2, 0.25) is 0 Å². The van der Waals surface area contributed by atoms with E-state index in [2.05, 4.69) is 23.9 Å². The van der Waals surface area contributed by atoms with E-state index < -0.39 is 5.97 Å². The Balaban J connectivity index is 1.74. The Morgan fingerprint density at radius 1 is 1.43 bits per heavy atom. The first-order chi connectivity index (χ1) is 10.1. The Labute approximate surface area is 126 Å². The molecular formula is C16H24N2O3. The predicted octanol–water partition coefficient (Wildman–Crippen LogP) is 1.79. The highest BCUT2D eigenvalue weighted by Gasteiger charge is 2.20. The highest BCUT2D eigenvalue weighted by molar-refractivity contribution is 5.87. The molecule has 5 heteroatoms. The lowest BCUT2D eigenvalue weighted by molar-refractivity contribution is 0.0697. The lowest BCUT2D eigenvalue weighted by Gasteiger charge is -2.35. The standard InChI is InChI=1S/C16H24N2O3/c1-17-9-3-4-14(12-17)18(2)10-11-21-15-7-5-13(6-8-15)16(19)20/h5-8,14H,3-4,9-12H2,1-2H3,(H,19,20). The predicted molar refractivity (Wildman–Crippen MR) is 82.0 cm³/mol. The summed E-state index contributed by atoms with van der Waals surface area (Å²) in [6.07, 6.45) is 2.50. The SMILES string of the molecule is CN1CCCC(N(C)CCOc2ccc(C(=O)O)cc2)C1. The molecule has 1 aliphatic heterocycles. The average molecular weight is 292 g/mol. The van der Waals surface area contributed by atoms with E-state index in [1.165, 1.54) is 19.4 Å². The van der Waals surface area contributed by atoms with Crippen molar-refractivity contribution in [2.75, 3.05) is 40.3 Å². The molecule has 116 valence electrons. The number of likely N-dealkylation sites (tertiary alicyclic amines) is 1. The van der Waals surface area contributed by atoms with Gasteiger partial charge in [-0.15, -0.1) is 0 Å². The van der Waals surface area contributed by atoms with Gasteiger partial charge in [0.05, 0.1) is 5.56 Å². The van der Waals surface area contributed by atoms with E-state index in [1.54, 1.807) is 24.3 Å². The molecule has 0 saturated carbocycles. The fourth-order valence-corrected chi connectivity index (χ4v) is 2.68. The first-order valence-electron chi connectivity index (χ1n) is 7.41. The van der Waals surface area contributed by atoms with Crippen molar-refractivity contribution in [1.82, 2.24) is 9.80 Å². The molecule has 0 radical (unpaired) electrons. The fourth-order valence-electron chi connectivity index (χ4n) is 2.68. The summed E-state index contributed by atoms with van der Waals surface area (Å²) in [6, 6.07) is 7.15. The number of carboxylic acids is 1. The number of piperidine rings is 1. The Morgan fingerprint density at radius 2 is 2.14 bits per heavy atom. The van der Waals surface area contributed by atoms with Gasteiger partial charge in [0.25, 0.3) is 0 Å². The lowest BCUT2D eigenvalue weighted by Crippen LogP contribution is -2.46. The van der Waals surface area contributed by atoms with Crippen molar-refractivity contribution in [2.45, 2.75) is 18.9 Å². The molecule has 5 nitrogen and oxygen atoms in total. The molecule has 1 atom stereocenters. The van der Waals surface area contributed by atoms with Gasteiger partial charge in [-0.2, -0.15) is 0 Å². The van der Waals surface area contributed by atoms with Crippen molar-refractivity contribution in [3.8, 4) is 5.75 Å².